The second kappa shape index (κ2) is 7.27. The van der Waals surface area contributed by atoms with Crippen LogP contribution in [0.3, 0.4) is 0 Å². The van der Waals surface area contributed by atoms with E-state index in [2.05, 4.69) is 6.92 Å². The predicted octanol–water partition coefficient (Wildman–Crippen LogP) is 4.06. The molecule has 0 unspecified atom stereocenters. The SMILES string of the molecule is CCCCCn1cc(C(=O)O)c(=O)cc1-c1ccc(Cl)cc1. The van der Waals surface area contributed by atoms with Crippen LogP contribution in [-0.2, 0) is 6.54 Å². The number of aromatic nitrogens is 1. The molecule has 4 nitrogen and oxygen atoms in total. The lowest BCUT2D eigenvalue weighted by Crippen LogP contribution is -2.18. The summed E-state index contributed by atoms with van der Waals surface area (Å²) >= 11 is 5.89. The van der Waals surface area contributed by atoms with E-state index in [1.807, 2.05) is 16.7 Å². The van der Waals surface area contributed by atoms with E-state index in [4.69, 9.17) is 16.7 Å². The van der Waals surface area contributed by atoms with Crippen LogP contribution in [0.5, 0.6) is 0 Å². The van der Waals surface area contributed by atoms with E-state index in [-0.39, 0.29) is 5.56 Å². The molecule has 0 bridgehead atoms. The molecule has 0 radical (unpaired) electrons. The number of rotatable bonds is 6. The number of nitrogens with zero attached hydrogens (tertiary/aromatic N) is 1. The Bertz CT molecular complexity index is 720. The van der Waals surface area contributed by atoms with Gasteiger partial charge in [-0.3, -0.25) is 4.79 Å². The molecule has 0 spiro atoms. The highest BCUT2D eigenvalue weighted by Crippen LogP contribution is 2.21. The van der Waals surface area contributed by atoms with Crippen LogP contribution in [0.1, 0.15) is 36.5 Å². The summed E-state index contributed by atoms with van der Waals surface area (Å²) in [5.41, 5.74) is 0.871. The first-order valence-corrected chi connectivity index (χ1v) is 7.64. The summed E-state index contributed by atoms with van der Waals surface area (Å²) in [7, 11) is 0. The Kier molecular flexibility index (Phi) is 5.39. The lowest BCUT2D eigenvalue weighted by Gasteiger charge is -2.14. The largest absolute Gasteiger partial charge is 0.477 e. The Morgan fingerprint density at radius 2 is 1.91 bits per heavy atom. The molecule has 5 heteroatoms. The van der Waals surface area contributed by atoms with Gasteiger partial charge in [0.05, 0.1) is 5.69 Å². The van der Waals surface area contributed by atoms with Gasteiger partial charge in [0.15, 0.2) is 5.43 Å². The molecule has 0 saturated carbocycles. The molecule has 0 atom stereocenters. The zero-order valence-corrected chi connectivity index (χ0v) is 13.1. The second-order valence-electron chi connectivity index (χ2n) is 5.15. The van der Waals surface area contributed by atoms with E-state index in [1.54, 1.807) is 12.1 Å². The van der Waals surface area contributed by atoms with Crippen LogP contribution in [0, 0.1) is 0 Å². The monoisotopic (exact) mass is 319 g/mol. The van der Waals surface area contributed by atoms with Gasteiger partial charge >= 0.3 is 5.97 Å². The highest BCUT2D eigenvalue weighted by Gasteiger charge is 2.13. The minimum atomic E-state index is -1.20. The van der Waals surface area contributed by atoms with Crippen LogP contribution < -0.4 is 5.43 Å². The summed E-state index contributed by atoms with van der Waals surface area (Å²) in [4.78, 5) is 23.1. The van der Waals surface area contributed by atoms with E-state index < -0.39 is 11.4 Å². The number of halogens is 1. The summed E-state index contributed by atoms with van der Waals surface area (Å²) in [6, 6.07) is 8.55. The fourth-order valence-electron chi connectivity index (χ4n) is 2.32. The number of aryl methyl sites for hydroxylation is 1. The third kappa shape index (κ3) is 3.77. The number of unbranched alkanes of at least 4 members (excludes halogenated alkanes) is 2. The topological polar surface area (TPSA) is 59.3 Å². The molecule has 1 aromatic carbocycles. The van der Waals surface area contributed by atoms with Gasteiger partial charge in [-0.1, -0.05) is 43.5 Å². The second-order valence-corrected chi connectivity index (χ2v) is 5.59. The van der Waals surface area contributed by atoms with E-state index in [1.165, 1.54) is 12.3 Å². The minimum Gasteiger partial charge on any atom is -0.477 e. The molecule has 0 fully saturated rings. The highest BCUT2D eigenvalue weighted by molar-refractivity contribution is 6.30. The first-order chi connectivity index (χ1) is 10.5. The highest BCUT2D eigenvalue weighted by atomic mass is 35.5. The molecule has 1 N–H and O–H groups in total. The van der Waals surface area contributed by atoms with Crippen molar-refractivity contribution >= 4 is 17.6 Å². The van der Waals surface area contributed by atoms with Crippen molar-refractivity contribution in [3.63, 3.8) is 0 Å². The number of pyridine rings is 1. The number of carbonyl (C=O) groups is 1. The summed E-state index contributed by atoms with van der Waals surface area (Å²) in [5, 5.41) is 9.75. The number of hydrogen-bond acceptors (Lipinski definition) is 2. The van der Waals surface area contributed by atoms with Crippen molar-refractivity contribution in [1.29, 1.82) is 0 Å². The summed E-state index contributed by atoms with van der Waals surface area (Å²) < 4.78 is 1.84. The van der Waals surface area contributed by atoms with Gasteiger partial charge < -0.3 is 9.67 Å². The minimum absolute atomic E-state index is 0.200. The van der Waals surface area contributed by atoms with Crippen molar-refractivity contribution in [2.45, 2.75) is 32.7 Å². The number of carboxylic acids is 1. The molecule has 116 valence electrons. The van der Waals surface area contributed by atoms with Crippen LogP contribution in [0.4, 0.5) is 0 Å². The maximum atomic E-state index is 12.0. The standard InChI is InChI=1S/C17H18ClNO3/c1-2-3-4-9-19-11-14(17(21)22)16(20)10-15(19)12-5-7-13(18)8-6-12/h5-8,10-11H,2-4,9H2,1H3,(H,21,22). The summed E-state index contributed by atoms with van der Waals surface area (Å²) in [6.07, 6.45) is 4.49. The van der Waals surface area contributed by atoms with Crippen LogP contribution in [0.15, 0.2) is 41.3 Å². The average molecular weight is 320 g/mol. The summed E-state index contributed by atoms with van der Waals surface area (Å²) in [5.74, 6) is -1.20. The Morgan fingerprint density at radius 3 is 2.50 bits per heavy atom. The van der Waals surface area contributed by atoms with E-state index in [0.29, 0.717) is 17.3 Å². The van der Waals surface area contributed by atoms with Crippen LogP contribution in [-0.4, -0.2) is 15.6 Å². The molecular weight excluding hydrogens is 302 g/mol. The van der Waals surface area contributed by atoms with Crippen LogP contribution in [0.25, 0.3) is 11.3 Å². The zero-order chi connectivity index (χ0) is 16.1. The van der Waals surface area contributed by atoms with Gasteiger partial charge in [-0.2, -0.15) is 0 Å². The van der Waals surface area contributed by atoms with Gasteiger partial charge in [0.1, 0.15) is 5.56 Å². The Labute approximate surface area is 134 Å². The third-order valence-corrected chi connectivity index (χ3v) is 3.75. The van der Waals surface area contributed by atoms with Crippen molar-refractivity contribution in [3.8, 4) is 11.3 Å². The molecule has 22 heavy (non-hydrogen) atoms. The van der Waals surface area contributed by atoms with Crippen molar-refractivity contribution in [2.75, 3.05) is 0 Å². The van der Waals surface area contributed by atoms with E-state index in [0.717, 1.165) is 24.8 Å². The lowest BCUT2D eigenvalue weighted by molar-refractivity contribution is 0.0694. The Morgan fingerprint density at radius 1 is 1.23 bits per heavy atom. The van der Waals surface area contributed by atoms with Crippen molar-refractivity contribution < 1.29 is 9.90 Å². The first-order valence-electron chi connectivity index (χ1n) is 7.26. The molecule has 0 aliphatic carbocycles. The van der Waals surface area contributed by atoms with Gasteiger partial charge in [0.25, 0.3) is 0 Å². The Hall–Kier alpha value is -2.07. The molecule has 0 amide bonds. The van der Waals surface area contributed by atoms with Crippen molar-refractivity contribution in [3.05, 3.63) is 57.3 Å². The molecule has 2 aromatic rings. The van der Waals surface area contributed by atoms with E-state index in [9.17, 15) is 9.59 Å². The first kappa shape index (κ1) is 16.3. The van der Waals surface area contributed by atoms with Gasteiger partial charge in [0.2, 0.25) is 0 Å². The number of benzene rings is 1. The fraction of sp³-hybridized carbons (Fsp3) is 0.294. The smallest absolute Gasteiger partial charge is 0.341 e. The maximum Gasteiger partial charge on any atom is 0.341 e. The fourth-order valence-corrected chi connectivity index (χ4v) is 2.45. The lowest BCUT2D eigenvalue weighted by atomic mass is 10.1. The quantitative estimate of drug-likeness (QED) is 0.817. The molecular formula is C17H18ClNO3. The normalized spacial score (nSPS) is 10.6. The maximum absolute atomic E-state index is 12.0. The van der Waals surface area contributed by atoms with Crippen molar-refractivity contribution in [1.82, 2.24) is 4.57 Å². The number of aromatic carboxylic acids is 1. The van der Waals surface area contributed by atoms with Crippen LogP contribution in [0.2, 0.25) is 5.02 Å². The van der Waals surface area contributed by atoms with Crippen molar-refractivity contribution in [2.24, 2.45) is 0 Å². The molecule has 0 aliphatic heterocycles. The number of carboxylic acid groups (broad SMARTS) is 1. The average Bonchev–Trinajstić information content (AvgIpc) is 2.49. The molecule has 0 aliphatic rings. The van der Waals surface area contributed by atoms with Gasteiger partial charge in [-0.05, 0) is 24.1 Å². The Balaban J connectivity index is 2.50. The number of hydrogen-bond donors (Lipinski definition) is 1. The molecule has 1 heterocycles. The zero-order valence-electron chi connectivity index (χ0n) is 12.4. The summed E-state index contributed by atoms with van der Waals surface area (Å²) in [6.45, 7) is 2.78. The van der Waals surface area contributed by atoms with Gasteiger partial charge in [0, 0.05) is 23.8 Å². The molecule has 1 aromatic heterocycles. The molecule has 0 saturated heterocycles. The predicted molar refractivity (Wildman–Crippen MR) is 87.6 cm³/mol. The van der Waals surface area contributed by atoms with Gasteiger partial charge in [-0.25, -0.2) is 4.79 Å². The molecule has 2 rings (SSSR count). The third-order valence-electron chi connectivity index (χ3n) is 3.50. The van der Waals surface area contributed by atoms with E-state index >= 15 is 0 Å². The van der Waals surface area contributed by atoms with Crippen LogP contribution >= 0.6 is 11.6 Å². The van der Waals surface area contributed by atoms with Gasteiger partial charge in [-0.15, -0.1) is 0 Å².